The van der Waals surface area contributed by atoms with Crippen LogP contribution in [0, 0.1) is 11.8 Å². The molecular weight excluding hydrogens is 297 g/mol. The molecule has 1 unspecified atom stereocenters. The van der Waals surface area contributed by atoms with Crippen molar-refractivity contribution in [2.75, 3.05) is 26.2 Å². The van der Waals surface area contributed by atoms with Gasteiger partial charge in [0, 0.05) is 5.92 Å². The molecule has 1 amide bonds. The summed E-state index contributed by atoms with van der Waals surface area (Å²) in [7, 11) is 0. The number of hydrogen-bond donors (Lipinski definition) is 2. The first-order valence-electron chi connectivity index (χ1n) is 7.16. The van der Waals surface area contributed by atoms with Crippen molar-refractivity contribution in [3.8, 4) is 5.75 Å². The molecule has 1 saturated heterocycles. The van der Waals surface area contributed by atoms with Gasteiger partial charge in [0.2, 0.25) is 5.91 Å². The van der Waals surface area contributed by atoms with Gasteiger partial charge in [-0.1, -0.05) is 13.0 Å². The van der Waals surface area contributed by atoms with Crippen LogP contribution in [0.25, 0.3) is 0 Å². The number of nitrogens with one attached hydrogen (secondary N) is 2. The predicted molar refractivity (Wildman–Crippen MR) is 75.5 cm³/mol. The number of alkyl halides is 3. The van der Waals surface area contributed by atoms with Gasteiger partial charge in [-0.3, -0.25) is 4.79 Å². The van der Waals surface area contributed by atoms with Crippen LogP contribution in [-0.4, -0.2) is 32.1 Å². The minimum atomic E-state index is -4.39. The van der Waals surface area contributed by atoms with Gasteiger partial charge >= 0.3 is 6.18 Å². The maximum absolute atomic E-state index is 12.5. The second-order valence-electron chi connectivity index (χ2n) is 5.37. The second-order valence-corrected chi connectivity index (χ2v) is 5.37. The molecule has 1 aliphatic rings. The number of benzene rings is 1. The molecule has 1 aliphatic heterocycles. The number of carbonyl (C=O) groups is 1. The fourth-order valence-electron chi connectivity index (χ4n) is 2.14. The molecule has 122 valence electrons. The van der Waals surface area contributed by atoms with Crippen LogP contribution in [0.2, 0.25) is 0 Å². The predicted octanol–water partition coefficient (Wildman–Crippen LogP) is 2.06. The van der Waals surface area contributed by atoms with E-state index in [9.17, 15) is 18.0 Å². The van der Waals surface area contributed by atoms with E-state index < -0.39 is 11.7 Å². The minimum absolute atomic E-state index is 0.0563. The summed E-state index contributed by atoms with van der Waals surface area (Å²) in [4.78, 5) is 11.8. The molecule has 0 aliphatic carbocycles. The molecule has 1 atom stereocenters. The number of ether oxygens (including phenoxy) is 1. The molecule has 0 bridgehead atoms. The molecule has 1 fully saturated rings. The lowest BCUT2D eigenvalue weighted by Crippen LogP contribution is -2.49. The largest absolute Gasteiger partial charge is 0.492 e. The van der Waals surface area contributed by atoms with Crippen LogP contribution in [0.1, 0.15) is 12.5 Å². The van der Waals surface area contributed by atoms with Crippen LogP contribution in [0.5, 0.6) is 5.75 Å². The van der Waals surface area contributed by atoms with Crippen LogP contribution < -0.4 is 15.4 Å². The Kier molecular flexibility index (Phi) is 5.28. The van der Waals surface area contributed by atoms with Gasteiger partial charge in [-0.15, -0.1) is 0 Å². The Morgan fingerprint density at radius 3 is 2.77 bits per heavy atom. The highest BCUT2D eigenvalue weighted by Crippen LogP contribution is 2.31. The number of carbonyl (C=O) groups excluding carboxylic acids is 1. The van der Waals surface area contributed by atoms with Crippen molar-refractivity contribution in [1.82, 2.24) is 10.6 Å². The summed E-state index contributed by atoms with van der Waals surface area (Å²) in [6.45, 7) is 3.95. The average molecular weight is 316 g/mol. The molecule has 22 heavy (non-hydrogen) atoms. The van der Waals surface area contributed by atoms with Gasteiger partial charge in [0.1, 0.15) is 12.4 Å². The van der Waals surface area contributed by atoms with Crippen molar-refractivity contribution in [2.24, 2.45) is 11.8 Å². The number of amides is 1. The second kappa shape index (κ2) is 7.00. The van der Waals surface area contributed by atoms with Gasteiger partial charge in [-0.25, -0.2) is 0 Å². The maximum atomic E-state index is 12.5. The van der Waals surface area contributed by atoms with E-state index in [-0.39, 0.29) is 30.7 Å². The van der Waals surface area contributed by atoms with Crippen molar-refractivity contribution >= 4 is 5.91 Å². The van der Waals surface area contributed by atoms with E-state index in [0.29, 0.717) is 5.92 Å². The Morgan fingerprint density at radius 1 is 1.45 bits per heavy atom. The van der Waals surface area contributed by atoms with E-state index in [1.807, 2.05) is 6.92 Å². The average Bonchev–Trinajstić information content (AvgIpc) is 2.41. The molecule has 1 aromatic carbocycles. The summed E-state index contributed by atoms with van der Waals surface area (Å²) in [5, 5.41) is 5.84. The van der Waals surface area contributed by atoms with Crippen molar-refractivity contribution in [2.45, 2.75) is 13.1 Å². The van der Waals surface area contributed by atoms with E-state index in [1.165, 1.54) is 12.1 Å². The quantitative estimate of drug-likeness (QED) is 0.790. The Morgan fingerprint density at radius 2 is 2.18 bits per heavy atom. The first-order valence-corrected chi connectivity index (χ1v) is 7.16. The Bertz CT molecular complexity index is 516. The molecule has 0 saturated carbocycles. The van der Waals surface area contributed by atoms with E-state index in [0.717, 1.165) is 25.2 Å². The molecule has 0 radical (unpaired) electrons. The molecule has 2 N–H and O–H groups in total. The molecule has 4 nitrogen and oxygen atoms in total. The number of rotatable bonds is 6. The van der Waals surface area contributed by atoms with Crippen LogP contribution in [0.15, 0.2) is 24.3 Å². The molecule has 0 aromatic heterocycles. The fourth-order valence-corrected chi connectivity index (χ4v) is 2.14. The standard InChI is InChI=1S/C15H19F3N2O2/c1-10(11-8-19-9-11)14(21)20-5-6-22-13-4-2-3-12(7-13)15(16,17)18/h2-4,7,10-11,19H,5-6,8-9H2,1H3,(H,20,21). The molecule has 2 rings (SSSR count). The summed E-state index contributed by atoms with van der Waals surface area (Å²) in [5.74, 6) is 0.360. The van der Waals surface area contributed by atoms with Gasteiger partial charge in [-0.2, -0.15) is 13.2 Å². The third-order valence-electron chi connectivity index (χ3n) is 3.77. The van der Waals surface area contributed by atoms with E-state index in [4.69, 9.17) is 4.74 Å². The van der Waals surface area contributed by atoms with Crippen molar-refractivity contribution in [3.63, 3.8) is 0 Å². The van der Waals surface area contributed by atoms with Gasteiger partial charge in [-0.05, 0) is 37.2 Å². The first kappa shape index (κ1) is 16.6. The third kappa shape index (κ3) is 4.37. The van der Waals surface area contributed by atoms with Crippen LogP contribution in [-0.2, 0) is 11.0 Å². The van der Waals surface area contributed by atoms with Crippen molar-refractivity contribution in [3.05, 3.63) is 29.8 Å². The summed E-state index contributed by atoms with van der Waals surface area (Å²) in [5.41, 5.74) is -0.750. The zero-order valence-electron chi connectivity index (χ0n) is 12.2. The number of halogens is 3. The zero-order chi connectivity index (χ0) is 16.2. The van der Waals surface area contributed by atoms with Gasteiger partial charge < -0.3 is 15.4 Å². The van der Waals surface area contributed by atoms with E-state index in [2.05, 4.69) is 10.6 Å². The zero-order valence-corrected chi connectivity index (χ0v) is 12.2. The lowest BCUT2D eigenvalue weighted by molar-refractivity contribution is -0.137. The molecule has 1 aromatic rings. The van der Waals surface area contributed by atoms with E-state index >= 15 is 0 Å². The van der Waals surface area contributed by atoms with Crippen molar-refractivity contribution < 1.29 is 22.7 Å². The maximum Gasteiger partial charge on any atom is 0.416 e. The summed E-state index contributed by atoms with van der Waals surface area (Å²) < 4.78 is 42.9. The number of hydrogen-bond acceptors (Lipinski definition) is 3. The smallest absolute Gasteiger partial charge is 0.416 e. The topological polar surface area (TPSA) is 50.4 Å². The van der Waals surface area contributed by atoms with Gasteiger partial charge in [0.05, 0.1) is 12.1 Å². The Balaban J connectivity index is 1.73. The van der Waals surface area contributed by atoms with E-state index in [1.54, 1.807) is 0 Å². The monoisotopic (exact) mass is 316 g/mol. The highest BCUT2D eigenvalue weighted by molar-refractivity contribution is 5.78. The van der Waals surface area contributed by atoms with Gasteiger partial charge in [0.15, 0.2) is 0 Å². The molecule has 7 heteroatoms. The Labute approximate surface area is 127 Å². The normalized spacial score (nSPS) is 16.7. The van der Waals surface area contributed by atoms with Crippen molar-refractivity contribution in [1.29, 1.82) is 0 Å². The highest BCUT2D eigenvalue weighted by atomic mass is 19.4. The first-order chi connectivity index (χ1) is 10.4. The fraction of sp³-hybridized carbons (Fsp3) is 0.533. The summed E-state index contributed by atoms with van der Waals surface area (Å²) in [6, 6.07) is 4.69. The molecule has 1 heterocycles. The molecule has 0 spiro atoms. The summed E-state index contributed by atoms with van der Waals surface area (Å²) >= 11 is 0. The van der Waals surface area contributed by atoms with Crippen LogP contribution in [0.3, 0.4) is 0 Å². The van der Waals surface area contributed by atoms with Crippen LogP contribution >= 0.6 is 0 Å². The third-order valence-corrected chi connectivity index (χ3v) is 3.77. The molecular formula is C15H19F3N2O2. The SMILES string of the molecule is CC(C(=O)NCCOc1cccc(C(F)(F)F)c1)C1CNC1. The Hall–Kier alpha value is -1.76. The summed E-state index contributed by atoms with van der Waals surface area (Å²) in [6.07, 6.45) is -4.39. The minimum Gasteiger partial charge on any atom is -0.492 e. The lowest BCUT2D eigenvalue weighted by atomic mass is 9.88. The highest BCUT2D eigenvalue weighted by Gasteiger charge is 2.30. The van der Waals surface area contributed by atoms with Gasteiger partial charge in [0.25, 0.3) is 0 Å². The van der Waals surface area contributed by atoms with Crippen LogP contribution in [0.4, 0.5) is 13.2 Å². The lowest BCUT2D eigenvalue weighted by Gasteiger charge is -2.31.